The van der Waals surface area contributed by atoms with E-state index in [0.717, 1.165) is 0 Å². The van der Waals surface area contributed by atoms with Crippen LogP contribution in [0.3, 0.4) is 0 Å². The molecule has 21 heavy (non-hydrogen) atoms. The summed E-state index contributed by atoms with van der Waals surface area (Å²) in [6, 6.07) is 0. The van der Waals surface area contributed by atoms with Crippen LogP contribution >= 0.6 is 0 Å². The predicted octanol–water partition coefficient (Wildman–Crippen LogP) is -0.428. The van der Waals surface area contributed by atoms with Crippen molar-refractivity contribution >= 4 is 29.8 Å². The Morgan fingerprint density at radius 3 is 1.24 bits per heavy atom. The SMILES string of the molecule is CCCCC(C(=O)O)(C(=O)O)C(C(=O)O)(C(=O)O)C(=O)O. The average molecular weight is 306 g/mol. The van der Waals surface area contributed by atoms with E-state index in [0.29, 0.717) is 0 Å². The van der Waals surface area contributed by atoms with Crippen LogP contribution in [0, 0.1) is 10.8 Å². The van der Waals surface area contributed by atoms with Gasteiger partial charge in [0, 0.05) is 0 Å². The molecule has 0 bridgehead atoms. The van der Waals surface area contributed by atoms with Gasteiger partial charge in [-0.2, -0.15) is 0 Å². The molecule has 0 aromatic carbocycles. The Kier molecular flexibility index (Phi) is 5.42. The van der Waals surface area contributed by atoms with Gasteiger partial charge in [-0.25, -0.2) is 0 Å². The van der Waals surface area contributed by atoms with Gasteiger partial charge < -0.3 is 25.5 Å². The third-order valence-corrected chi connectivity index (χ3v) is 3.24. The second-order valence-corrected chi connectivity index (χ2v) is 4.28. The molecule has 118 valence electrons. The van der Waals surface area contributed by atoms with Gasteiger partial charge in [-0.05, 0) is 6.42 Å². The van der Waals surface area contributed by atoms with E-state index in [2.05, 4.69) is 0 Å². The number of carbonyl (C=O) groups is 5. The molecule has 0 aliphatic rings. The van der Waals surface area contributed by atoms with E-state index >= 15 is 0 Å². The number of aliphatic carboxylic acids is 5. The third-order valence-electron chi connectivity index (χ3n) is 3.24. The van der Waals surface area contributed by atoms with Crippen molar-refractivity contribution in [3.63, 3.8) is 0 Å². The summed E-state index contributed by atoms with van der Waals surface area (Å²) in [6.45, 7) is 1.51. The lowest BCUT2D eigenvalue weighted by Gasteiger charge is -2.35. The van der Waals surface area contributed by atoms with Crippen molar-refractivity contribution in [1.29, 1.82) is 0 Å². The van der Waals surface area contributed by atoms with Gasteiger partial charge in [-0.1, -0.05) is 19.8 Å². The quantitative estimate of drug-likeness (QED) is 0.350. The maximum absolute atomic E-state index is 11.4. The van der Waals surface area contributed by atoms with Crippen molar-refractivity contribution in [2.45, 2.75) is 26.2 Å². The number of carboxylic acids is 5. The standard InChI is InChI=1S/C11H14O10/c1-2-3-4-10(5(12)13,6(14)15)11(7(16)17,8(18)19)9(20)21/h2-4H2,1H3,(H,12,13)(H,14,15)(H,16,17)(H,18,19)(H,20,21). The zero-order valence-corrected chi connectivity index (χ0v) is 10.9. The minimum Gasteiger partial charge on any atom is -0.480 e. The van der Waals surface area contributed by atoms with E-state index < -0.39 is 47.1 Å². The van der Waals surface area contributed by atoms with Crippen molar-refractivity contribution in [3.8, 4) is 0 Å². The summed E-state index contributed by atoms with van der Waals surface area (Å²) >= 11 is 0. The van der Waals surface area contributed by atoms with Crippen LogP contribution in [0.4, 0.5) is 0 Å². The maximum Gasteiger partial charge on any atom is 0.334 e. The van der Waals surface area contributed by atoms with Crippen molar-refractivity contribution in [3.05, 3.63) is 0 Å². The molecule has 0 radical (unpaired) electrons. The lowest BCUT2D eigenvalue weighted by molar-refractivity contribution is -0.203. The van der Waals surface area contributed by atoms with Crippen LogP contribution in [0.2, 0.25) is 0 Å². The molecule has 0 atom stereocenters. The highest BCUT2D eigenvalue weighted by molar-refractivity contribution is 6.24. The minimum atomic E-state index is -4.04. The predicted molar refractivity (Wildman–Crippen MR) is 62.6 cm³/mol. The Morgan fingerprint density at radius 2 is 1.05 bits per heavy atom. The third kappa shape index (κ3) is 2.39. The first-order valence-electron chi connectivity index (χ1n) is 5.70. The van der Waals surface area contributed by atoms with Crippen LogP contribution in [-0.4, -0.2) is 55.4 Å². The molecule has 10 nitrogen and oxygen atoms in total. The average Bonchev–Trinajstić information content (AvgIpc) is 2.31. The lowest BCUT2D eigenvalue weighted by Crippen LogP contribution is -2.65. The molecule has 10 heteroatoms. The molecule has 0 amide bonds. The second kappa shape index (κ2) is 6.20. The van der Waals surface area contributed by atoms with E-state index in [1.165, 1.54) is 6.92 Å². The van der Waals surface area contributed by atoms with E-state index in [9.17, 15) is 24.0 Å². The van der Waals surface area contributed by atoms with Crippen molar-refractivity contribution in [2.75, 3.05) is 0 Å². The highest BCUT2D eigenvalue weighted by Crippen LogP contribution is 2.45. The zero-order chi connectivity index (χ0) is 17.0. The van der Waals surface area contributed by atoms with Crippen molar-refractivity contribution in [2.24, 2.45) is 10.8 Å². The highest BCUT2D eigenvalue weighted by atomic mass is 16.4. The molecule has 0 unspecified atom stereocenters. The van der Waals surface area contributed by atoms with Gasteiger partial charge in [0.25, 0.3) is 5.41 Å². The topological polar surface area (TPSA) is 186 Å². The normalized spacial score (nSPS) is 11.7. The molecule has 0 aromatic rings. The first-order chi connectivity index (χ1) is 9.53. The molecule has 0 aliphatic carbocycles. The molecule has 0 spiro atoms. The summed E-state index contributed by atoms with van der Waals surface area (Å²) in [6.07, 6.45) is -0.940. The first kappa shape index (κ1) is 18.4. The van der Waals surface area contributed by atoms with Crippen LogP contribution in [0.25, 0.3) is 0 Å². The number of carboxylic acid groups (broad SMARTS) is 5. The molecule has 0 saturated heterocycles. The minimum absolute atomic E-state index is 0.186. The Hall–Kier alpha value is -2.65. The van der Waals surface area contributed by atoms with Gasteiger partial charge in [-0.15, -0.1) is 0 Å². The molecule has 0 fully saturated rings. The summed E-state index contributed by atoms with van der Waals surface area (Å²) < 4.78 is 0. The fraction of sp³-hybridized carbons (Fsp3) is 0.545. The van der Waals surface area contributed by atoms with Gasteiger partial charge in [0.05, 0.1) is 0 Å². The highest BCUT2D eigenvalue weighted by Gasteiger charge is 2.76. The summed E-state index contributed by atoms with van der Waals surface area (Å²) in [5.74, 6) is -12.4. The Balaban J connectivity index is 6.75. The van der Waals surface area contributed by atoms with Crippen LogP contribution in [0.5, 0.6) is 0 Å². The van der Waals surface area contributed by atoms with Gasteiger partial charge in [0.15, 0.2) is 0 Å². The number of hydrogen-bond acceptors (Lipinski definition) is 5. The van der Waals surface area contributed by atoms with E-state index in [1.54, 1.807) is 0 Å². The second-order valence-electron chi connectivity index (χ2n) is 4.28. The number of hydrogen-bond donors (Lipinski definition) is 5. The van der Waals surface area contributed by atoms with Crippen LogP contribution in [0.15, 0.2) is 0 Å². The Labute approximate surface area is 117 Å². The summed E-state index contributed by atoms with van der Waals surface area (Å²) in [7, 11) is 0. The lowest BCUT2D eigenvalue weighted by atomic mass is 9.60. The number of rotatable bonds is 9. The van der Waals surface area contributed by atoms with Gasteiger partial charge in [0.1, 0.15) is 0 Å². The molecule has 0 aliphatic heterocycles. The van der Waals surface area contributed by atoms with Crippen LogP contribution < -0.4 is 0 Å². The molecular weight excluding hydrogens is 292 g/mol. The summed E-state index contributed by atoms with van der Waals surface area (Å²) in [5.41, 5.74) is -7.58. The van der Waals surface area contributed by atoms with E-state index in [4.69, 9.17) is 25.5 Å². The van der Waals surface area contributed by atoms with Crippen molar-refractivity contribution < 1.29 is 49.5 Å². The first-order valence-corrected chi connectivity index (χ1v) is 5.70. The largest absolute Gasteiger partial charge is 0.480 e. The molecule has 0 aromatic heterocycles. The number of unbranched alkanes of at least 4 members (excludes halogenated alkanes) is 1. The van der Waals surface area contributed by atoms with Crippen molar-refractivity contribution in [1.82, 2.24) is 0 Å². The fourth-order valence-electron chi connectivity index (χ4n) is 2.08. The monoisotopic (exact) mass is 306 g/mol. The molecule has 0 rings (SSSR count). The van der Waals surface area contributed by atoms with Gasteiger partial charge in [0.2, 0.25) is 5.41 Å². The van der Waals surface area contributed by atoms with E-state index in [-0.39, 0.29) is 12.8 Å². The fourth-order valence-corrected chi connectivity index (χ4v) is 2.08. The van der Waals surface area contributed by atoms with Crippen LogP contribution in [-0.2, 0) is 24.0 Å². The maximum atomic E-state index is 11.4. The molecular formula is C11H14O10. The smallest absolute Gasteiger partial charge is 0.334 e. The van der Waals surface area contributed by atoms with Gasteiger partial charge >= 0.3 is 29.8 Å². The molecule has 0 heterocycles. The molecule has 5 N–H and O–H groups in total. The van der Waals surface area contributed by atoms with Gasteiger partial charge in [-0.3, -0.25) is 24.0 Å². The Bertz CT molecular complexity index is 441. The zero-order valence-electron chi connectivity index (χ0n) is 10.9. The van der Waals surface area contributed by atoms with Crippen LogP contribution in [0.1, 0.15) is 26.2 Å². The Morgan fingerprint density at radius 1 is 0.714 bits per heavy atom. The summed E-state index contributed by atoms with van der Waals surface area (Å²) in [5, 5.41) is 45.3. The summed E-state index contributed by atoms with van der Waals surface area (Å²) in [4.78, 5) is 56.4. The molecule has 0 saturated carbocycles. The van der Waals surface area contributed by atoms with E-state index in [1.807, 2.05) is 0 Å².